The molecular weight excluding hydrogens is 314 g/mol. The fourth-order valence-electron chi connectivity index (χ4n) is 2.90. The summed E-state index contributed by atoms with van der Waals surface area (Å²) in [6.07, 6.45) is 6.64. The minimum atomic E-state index is 0.194. The summed E-state index contributed by atoms with van der Waals surface area (Å²) in [5, 5.41) is 0. The Bertz CT molecular complexity index is 584. The zero-order chi connectivity index (χ0) is 12.8. The van der Waals surface area contributed by atoms with Gasteiger partial charge in [0.2, 0.25) is 0 Å². The number of imidazole rings is 1. The van der Waals surface area contributed by atoms with Gasteiger partial charge in [0.1, 0.15) is 11.3 Å². The van der Waals surface area contributed by atoms with Crippen LogP contribution in [0.5, 0.6) is 0 Å². The molecule has 1 aliphatic carbocycles. The number of pyridine rings is 1. The molecule has 0 atom stereocenters. The standard InChI is InChI=1S/C13H15BrClN3/c1-2-13(4-3-5-13)18-11(7-15)17-10-6-9(14)8-16-12(10)18/h6,8H,2-5,7H2,1H3. The summed E-state index contributed by atoms with van der Waals surface area (Å²) in [5.41, 5.74) is 2.09. The number of rotatable bonds is 3. The SMILES string of the molecule is CCC1(n2c(CCl)nc3cc(Br)cnc32)CCC1. The number of aromatic nitrogens is 3. The van der Waals surface area contributed by atoms with Crippen LogP contribution in [0.25, 0.3) is 11.2 Å². The lowest BCUT2D eigenvalue weighted by Crippen LogP contribution is -2.41. The van der Waals surface area contributed by atoms with E-state index in [-0.39, 0.29) is 5.54 Å². The Kier molecular flexibility index (Phi) is 3.10. The molecule has 0 radical (unpaired) electrons. The molecule has 18 heavy (non-hydrogen) atoms. The summed E-state index contributed by atoms with van der Waals surface area (Å²) in [7, 11) is 0. The largest absolute Gasteiger partial charge is 0.305 e. The Labute approximate surface area is 120 Å². The second-order valence-corrected chi connectivity index (χ2v) is 6.11. The lowest BCUT2D eigenvalue weighted by atomic mass is 9.74. The monoisotopic (exact) mass is 327 g/mol. The Hall–Kier alpha value is -0.610. The second kappa shape index (κ2) is 4.49. The van der Waals surface area contributed by atoms with Crippen LogP contribution in [0.3, 0.4) is 0 Å². The minimum Gasteiger partial charge on any atom is -0.305 e. The van der Waals surface area contributed by atoms with E-state index in [4.69, 9.17) is 11.6 Å². The van der Waals surface area contributed by atoms with E-state index in [0.717, 1.165) is 27.9 Å². The smallest absolute Gasteiger partial charge is 0.160 e. The fourth-order valence-corrected chi connectivity index (χ4v) is 3.39. The van der Waals surface area contributed by atoms with E-state index in [2.05, 4.69) is 37.4 Å². The highest BCUT2D eigenvalue weighted by Gasteiger charge is 2.39. The molecule has 2 heterocycles. The first-order valence-corrected chi connectivity index (χ1v) is 7.62. The van der Waals surface area contributed by atoms with Crippen molar-refractivity contribution in [1.82, 2.24) is 14.5 Å². The maximum Gasteiger partial charge on any atom is 0.160 e. The van der Waals surface area contributed by atoms with E-state index in [1.165, 1.54) is 19.3 Å². The van der Waals surface area contributed by atoms with Crippen LogP contribution in [-0.4, -0.2) is 14.5 Å². The molecule has 1 fully saturated rings. The summed E-state index contributed by atoms with van der Waals surface area (Å²) in [4.78, 5) is 9.17. The van der Waals surface area contributed by atoms with Gasteiger partial charge >= 0.3 is 0 Å². The number of halogens is 2. The zero-order valence-corrected chi connectivity index (χ0v) is 12.6. The van der Waals surface area contributed by atoms with Crippen molar-refractivity contribution < 1.29 is 0 Å². The summed E-state index contributed by atoms with van der Waals surface area (Å²) < 4.78 is 3.24. The normalized spacial score (nSPS) is 17.9. The molecule has 3 nitrogen and oxygen atoms in total. The van der Waals surface area contributed by atoms with Crippen molar-refractivity contribution in [1.29, 1.82) is 0 Å². The highest BCUT2D eigenvalue weighted by Crippen LogP contribution is 2.44. The molecule has 0 saturated heterocycles. The van der Waals surface area contributed by atoms with Crippen molar-refractivity contribution in [3.8, 4) is 0 Å². The summed E-state index contributed by atoms with van der Waals surface area (Å²) in [6.45, 7) is 2.24. The lowest BCUT2D eigenvalue weighted by molar-refractivity contribution is 0.137. The van der Waals surface area contributed by atoms with Gasteiger partial charge in [-0.25, -0.2) is 9.97 Å². The molecule has 2 aromatic rings. The topological polar surface area (TPSA) is 30.7 Å². The minimum absolute atomic E-state index is 0.194. The van der Waals surface area contributed by atoms with Gasteiger partial charge in [0.25, 0.3) is 0 Å². The Morgan fingerprint density at radius 2 is 2.28 bits per heavy atom. The van der Waals surface area contributed by atoms with Crippen LogP contribution in [-0.2, 0) is 11.4 Å². The number of fused-ring (bicyclic) bond motifs is 1. The van der Waals surface area contributed by atoms with Crippen molar-refractivity contribution in [2.45, 2.75) is 44.0 Å². The Balaban J connectivity index is 2.25. The molecule has 5 heteroatoms. The van der Waals surface area contributed by atoms with E-state index in [9.17, 15) is 0 Å². The number of alkyl halides is 1. The zero-order valence-electron chi connectivity index (χ0n) is 10.3. The van der Waals surface area contributed by atoms with Gasteiger partial charge in [0, 0.05) is 16.2 Å². The molecule has 96 valence electrons. The molecule has 0 aromatic carbocycles. The van der Waals surface area contributed by atoms with Crippen molar-refractivity contribution in [3.05, 3.63) is 22.6 Å². The van der Waals surface area contributed by atoms with Gasteiger partial charge < -0.3 is 4.57 Å². The third-order valence-corrected chi connectivity index (χ3v) is 4.74. The van der Waals surface area contributed by atoms with Crippen LogP contribution < -0.4 is 0 Å². The van der Waals surface area contributed by atoms with E-state index in [1.54, 1.807) is 0 Å². The third kappa shape index (κ3) is 1.69. The van der Waals surface area contributed by atoms with Crippen LogP contribution >= 0.6 is 27.5 Å². The Morgan fingerprint density at radius 1 is 1.50 bits per heavy atom. The van der Waals surface area contributed by atoms with Gasteiger partial charge in [-0.2, -0.15) is 0 Å². The average Bonchev–Trinajstić information content (AvgIpc) is 2.67. The number of hydrogen-bond donors (Lipinski definition) is 0. The van der Waals surface area contributed by atoms with Crippen molar-refractivity contribution in [3.63, 3.8) is 0 Å². The molecule has 0 bridgehead atoms. The molecule has 1 aliphatic rings. The van der Waals surface area contributed by atoms with E-state index in [1.807, 2.05) is 12.3 Å². The predicted molar refractivity (Wildman–Crippen MR) is 76.9 cm³/mol. The van der Waals surface area contributed by atoms with Crippen molar-refractivity contribution >= 4 is 38.7 Å². The van der Waals surface area contributed by atoms with E-state index < -0.39 is 0 Å². The van der Waals surface area contributed by atoms with Gasteiger partial charge in [0.05, 0.1) is 5.88 Å². The van der Waals surface area contributed by atoms with Crippen LogP contribution in [0.2, 0.25) is 0 Å². The van der Waals surface area contributed by atoms with Gasteiger partial charge in [-0.1, -0.05) is 6.92 Å². The molecule has 0 aliphatic heterocycles. The highest BCUT2D eigenvalue weighted by molar-refractivity contribution is 9.10. The first kappa shape index (κ1) is 12.4. The number of nitrogens with zero attached hydrogens (tertiary/aromatic N) is 3. The maximum absolute atomic E-state index is 6.06. The predicted octanol–water partition coefficient (Wildman–Crippen LogP) is 4.22. The first-order chi connectivity index (χ1) is 8.70. The Morgan fingerprint density at radius 3 is 2.83 bits per heavy atom. The fraction of sp³-hybridized carbons (Fsp3) is 0.538. The van der Waals surface area contributed by atoms with Crippen molar-refractivity contribution in [2.24, 2.45) is 0 Å². The van der Waals surface area contributed by atoms with Crippen LogP contribution in [0.15, 0.2) is 16.7 Å². The molecule has 2 aromatic heterocycles. The van der Waals surface area contributed by atoms with E-state index >= 15 is 0 Å². The summed E-state index contributed by atoms with van der Waals surface area (Å²) >= 11 is 9.51. The maximum atomic E-state index is 6.06. The van der Waals surface area contributed by atoms with Crippen molar-refractivity contribution in [2.75, 3.05) is 0 Å². The molecule has 3 rings (SSSR count). The molecular formula is C13H15BrClN3. The lowest BCUT2D eigenvalue weighted by Gasteiger charge is -2.43. The van der Waals surface area contributed by atoms with Crippen LogP contribution in [0.1, 0.15) is 38.4 Å². The second-order valence-electron chi connectivity index (χ2n) is 4.92. The molecule has 0 spiro atoms. The van der Waals surface area contributed by atoms with Gasteiger partial charge in [-0.15, -0.1) is 11.6 Å². The summed E-state index contributed by atoms with van der Waals surface area (Å²) in [6, 6.07) is 2.01. The van der Waals surface area contributed by atoms with Gasteiger partial charge in [-0.3, -0.25) is 0 Å². The van der Waals surface area contributed by atoms with Crippen LogP contribution in [0.4, 0.5) is 0 Å². The molecule has 0 unspecified atom stereocenters. The molecule has 1 saturated carbocycles. The van der Waals surface area contributed by atoms with Gasteiger partial charge in [-0.05, 0) is 47.7 Å². The van der Waals surface area contributed by atoms with Gasteiger partial charge in [0.15, 0.2) is 5.65 Å². The molecule has 0 N–H and O–H groups in total. The quantitative estimate of drug-likeness (QED) is 0.790. The summed E-state index contributed by atoms with van der Waals surface area (Å²) in [5.74, 6) is 1.38. The van der Waals surface area contributed by atoms with Crippen LogP contribution in [0, 0.1) is 0 Å². The van der Waals surface area contributed by atoms with E-state index in [0.29, 0.717) is 5.88 Å². The highest BCUT2D eigenvalue weighted by atomic mass is 79.9. The molecule has 0 amide bonds. The third-order valence-electron chi connectivity index (χ3n) is 4.07. The first-order valence-electron chi connectivity index (χ1n) is 6.29. The average molecular weight is 329 g/mol. The number of hydrogen-bond acceptors (Lipinski definition) is 2.